The molecule has 0 aliphatic heterocycles. The molecule has 0 radical (unpaired) electrons. The largest absolute Gasteiger partial charge is 0.497 e. The maximum absolute atomic E-state index is 10.6. The molecule has 0 amide bonds. The Balaban J connectivity index is 0.000000143. The fraction of sp³-hybridized carbons (Fsp3) is 0.0690. The zero-order chi connectivity index (χ0) is 89.3. The first-order chi connectivity index (χ1) is 64.0. The number of hydrogen-bond donors (Lipinski definition) is 1. The van der Waals surface area contributed by atoms with Crippen molar-refractivity contribution in [2.24, 2.45) is 0 Å². The predicted molar refractivity (Wildman–Crippen MR) is 541 cm³/mol. The van der Waals surface area contributed by atoms with Gasteiger partial charge in [-0.1, -0.05) is 217 Å². The lowest BCUT2D eigenvalue weighted by atomic mass is 10.1. The number of methoxy groups -OCH3 is 7. The van der Waals surface area contributed by atoms with Crippen LogP contribution in [0, 0.1) is 0 Å². The number of rotatable bonds is 29. The summed E-state index contributed by atoms with van der Waals surface area (Å²) in [5.74, 6) is 5.95. The number of para-hydroxylation sites is 1. The monoisotopic (exact) mass is 1810 g/mol. The molecule has 14 heteroatoms. The van der Waals surface area contributed by atoms with Gasteiger partial charge in [0.2, 0.25) is 4.90 Å². The van der Waals surface area contributed by atoms with Crippen molar-refractivity contribution in [3.05, 3.63) is 448 Å². The molecule has 8 nitrogen and oxygen atoms in total. The van der Waals surface area contributed by atoms with Gasteiger partial charge in [-0.05, 0) is 315 Å². The van der Waals surface area contributed by atoms with E-state index in [1.165, 1.54) is 72.5 Å². The van der Waals surface area contributed by atoms with Gasteiger partial charge in [-0.2, -0.15) is 0 Å². The molecule has 0 aliphatic rings. The van der Waals surface area contributed by atoms with Crippen LogP contribution in [0.25, 0.3) is 66.8 Å². The summed E-state index contributed by atoms with van der Waals surface area (Å²) in [7, 11) is 10.9. The van der Waals surface area contributed by atoms with Crippen LogP contribution in [0.15, 0.2) is 516 Å². The van der Waals surface area contributed by atoms with Crippen LogP contribution in [0.4, 0.5) is 0 Å². The Bertz CT molecular complexity index is 6710. The second-order valence-corrected chi connectivity index (χ2v) is 39.3. The normalized spacial score (nSPS) is 11.6. The van der Waals surface area contributed by atoms with Gasteiger partial charge >= 0.3 is 0 Å². The third kappa shape index (κ3) is 22.6. The van der Waals surface area contributed by atoms with Gasteiger partial charge in [0.15, 0.2) is 44.9 Å². The van der Waals surface area contributed by atoms with Crippen LogP contribution >= 0.6 is 35.3 Å². The summed E-state index contributed by atoms with van der Waals surface area (Å²) in [6.07, 6.45) is 0. The molecule has 642 valence electrons. The molecule has 3 unspecified atom stereocenters. The average molecular weight is 1810 g/mol. The molecule has 0 saturated heterocycles. The van der Waals surface area contributed by atoms with Gasteiger partial charge in [0.05, 0.1) is 83.1 Å². The highest BCUT2D eigenvalue weighted by Gasteiger charge is 2.35. The molecule has 0 spiro atoms. The zero-order valence-electron chi connectivity index (χ0n) is 73.1. The SMILES string of the molecule is COc1cc([S+](c2ccc(-c3ccccc3)cc2)c2ccccc2OC)ccc1Sc1ccc(-c2ccccc2)cc1.COc1cccc(-c2ccc(Sc3ccc([S+](c4ccc(-c5cccc(OC)c5)cc4)c4cccc(OC)c4)c(CO)c3)cc2)c1.COc1cccc(-c2ccc(Sc3ccc([S+](c4ccccc4)c4ccc(-c5cccc(OC)c5)cc4)cc3)cc2)c1. The van der Waals surface area contributed by atoms with Crippen LogP contribution in [0.1, 0.15) is 5.56 Å². The molecule has 0 fully saturated rings. The third-order valence-electron chi connectivity index (χ3n) is 21.8. The first-order valence-corrected chi connectivity index (χ1v) is 48.5. The molecule has 0 aliphatic carbocycles. The summed E-state index contributed by atoms with van der Waals surface area (Å²) < 4.78 is 39.0. The molecule has 130 heavy (non-hydrogen) atoms. The maximum Gasteiger partial charge on any atom is 0.208 e. The van der Waals surface area contributed by atoms with Crippen molar-refractivity contribution in [1.82, 2.24) is 0 Å². The highest BCUT2D eigenvalue weighted by molar-refractivity contribution is 8.00. The Morgan fingerprint density at radius 1 is 0.192 bits per heavy atom. The summed E-state index contributed by atoms with van der Waals surface area (Å²) in [6, 6.07) is 155. The number of ether oxygens (including phenoxy) is 7. The summed E-state index contributed by atoms with van der Waals surface area (Å²) in [5, 5.41) is 10.6. The minimum absolute atomic E-state index is 0.0616. The van der Waals surface area contributed by atoms with Gasteiger partial charge in [-0.25, -0.2) is 0 Å². The highest BCUT2D eigenvalue weighted by atomic mass is 32.2. The van der Waals surface area contributed by atoms with E-state index in [9.17, 15) is 5.11 Å². The maximum atomic E-state index is 10.6. The fourth-order valence-electron chi connectivity index (χ4n) is 15.1. The van der Waals surface area contributed by atoms with Gasteiger partial charge in [-0.15, -0.1) is 0 Å². The molecule has 18 aromatic rings. The molecule has 0 bridgehead atoms. The lowest BCUT2D eigenvalue weighted by Crippen LogP contribution is -2.08. The van der Waals surface area contributed by atoms with Crippen molar-refractivity contribution >= 4 is 68.0 Å². The van der Waals surface area contributed by atoms with Crippen LogP contribution in [0.3, 0.4) is 0 Å². The Morgan fingerprint density at radius 3 is 0.892 bits per heavy atom. The quantitative estimate of drug-likeness (QED) is 0.0455. The van der Waals surface area contributed by atoms with Crippen LogP contribution in [0.5, 0.6) is 40.2 Å². The lowest BCUT2D eigenvalue weighted by Gasteiger charge is -2.14. The highest BCUT2D eigenvalue weighted by Crippen LogP contribution is 2.46. The summed E-state index contributed by atoms with van der Waals surface area (Å²) in [6.45, 7) is -0.0616. The van der Waals surface area contributed by atoms with Gasteiger partial charge in [0.1, 0.15) is 45.4 Å². The Morgan fingerprint density at radius 2 is 0.477 bits per heavy atom. The second-order valence-electron chi connectivity index (χ2n) is 29.9. The number of hydrogen-bond acceptors (Lipinski definition) is 11. The van der Waals surface area contributed by atoms with E-state index in [-0.39, 0.29) is 17.5 Å². The molecular weight excluding hydrogens is 1710 g/mol. The van der Waals surface area contributed by atoms with E-state index < -0.39 is 21.8 Å². The first-order valence-electron chi connectivity index (χ1n) is 42.4. The van der Waals surface area contributed by atoms with Crippen molar-refractivity contribution in [2.75, 3.05) is 49.8 Å². The summed E-state index contributed by atoms with van der Waals surface area (Å²) in [5.41, 5.74) is 14.9. The van der Waals surface area contributed by atoms with Crippen molar-refractivity contribution in [2.45, 2.75) is 80.0 Å². The lowest BCUT2D eigenvalue weighted by molar-refractivity contribution is 0.278. The molecule has 1 N–H and O–H groups in total. The number of benzene rings is 18. The second kappa shape index (κ2) is 44.6. The molecule has 0 heterocycles. The van der Waals surface area contributed by atoms with Crippen LogP contribution in [-0.4, -0.2) is 54.9 Å². The Hall–Kier alpha value is -13.4. The minimum atomic E-state index is -0.475. The fourth-order valence-corrected chi connectivity index (χ4v) is 24.1. The molecule has 0 aromatic heterocycles. The number of aliphatic hydroxyl groups is 1. The standard InChI is InChI=1S/C40H35O4S2.2C38H31O2S2/c1-42-33-9-4-7-30(23-33)28-13-17-36(18-14-28)45-37-19-22-40(32(25-37)27-41)46(39-12-6-11-35(26-39)44-3)38-20-15-29(16-21-38)31-8-5-10-34(24-31)43-2;1-39-35-15-9-10-16-38(35)42(33-23-19-31(20-24-33)29-13-7-4-8-14-29)34-25-26-37(36(27-34)40-2)41-32-21-17-30(18-22-32)28-11-5-3-6-12-28;1-39-32-10-6-8-30(26-32)28-14-18-34(19-15-28)41-35-20-24-38(25-21-35)42(36-12-4-3-5-13-36)37-22-16-29(17-23-37)31-9-7-11-33(27-31)40-2/h4-26,41H,27H2,1-3H3;2*3-27H,1-2H3/q3*+1. The van der Waals surface area contributed by atoms with E-state index in [0.29, 0.717) is 0 Å². The molecule has 0 saturated carbocycles. The molecular formula is C116H97O8S6+3. The summed E-state index contributed by atoms with van der Waals surface area (Å²) in [4.78, 5) is 17.7. The van der Waals surface area contributed by atoms with E-state index in [0.717, 1.165) is 113 Å². The number of aliphatic hydroxyl groups excluding tert-OH is 1. The first kappa shape index (κ1) is 90.0. The van der Waals surface area contributed by atoms with Gasteiger partial charge in [0, 0.05) is 42.2 Å². The van der Waals surface area contributed by atoms with Crippen molar-refractivity contribution in [3.8, 4) is 107 Å². The molecule has 18 aromatic carbocycles. The predicted octanol–water partition coefficient (Wildman–Crippen LogP) is 30.4. The van der Waals surface area contributed by atoms with E-state index in [2.05, 4.69) is 346 Å². The van der Waals surface area contributed by atoms with Crippen LogP contribution in [-0.2, 0) is 39.3 Å². The third-order valence-corrected chi connectivity index (χ3v) is 31.6. The Labute approximate surface area is 785 Å². The van der Waals surface area contributed by atoms with Gasteiger partial charge < -0.3 is 38.3 Å². The van der Waals surface area contributed by atoms with Gasteiger partial charge in [0.25, 0.3) is 0 Å². The van der Waals surface area contributed by atoms with E-state index >= 15 is 0 Å². The minimum Gasteiger partial charge on any atom is -0.497 e. The smallest absolute Gasteiger partial charge is 0.208 e. The van der Waals surface area contributed by atoms with E-state index in [1.54, 1.807) is 85.1 Å². The van der Waals surface area contributed by atoms with Gasteiger partial charge in [-0.3, -0.25) is 0 Å². The molecule has 3 atom stereocenters. The summed E-state index contributed by atoms with van der Waals surface area (Å²) >= 11 is 5.18. The van der Waals surface area contributed by atoms with Crippen molar-refractivity contribution in [3.63, 3.8) is 0 Å². The van der Waals surface area contributed by atoms with E-state index in [4.69, 9.17) is 33.2 Å². The Kier molecular flexibility index (Phi) is 30.8. The average Bonchev–Trinajstić information content (AvgIpc) is 0.787. The van der Waals surface area contributed by atoms with Crippen molar-refractivity contribution in [1.29, 1.82) is 0 Å². The zero-order valence-corrected chi connectivity index (χ0v) is 78.0. The van der Waals surface area contributed by atoms with E-state index in [1.807, 2.05) is 97.1 Å². The van der Waals surface area contributed by atoms with Crippen LogP contribution in [0.2, 0.25) is 0 Å². The van der Waals surface area contributed by atoms with Crippen LogP contribution < -0.4 is 33.2 Å². The topological polar surface area (TPSA) is 84.8 Å². The van der Waals surface area contributed by atoms with Crippen molar-refractivity contribution < 1.29 is 38.3 Å². The molecule has 18 rings (SSSR count).